The molecule has 110 valence electrons. The first-order valence-corrected chi connectivity index (χ1v) is 7.67. The molecule has 0 aliphatic heterocycles. The molecule has 0 atom stereocenters. The van der Waals surface area contributed by atoms with Crippen molar-refractivity contribution in [3.63, 3.8) is 0 Å². The van der Waals surface area contributed by atoms with Crippen LogP contribution >= 0.6 is 0 Å². The number of nitrogens with one attached hydrogen (secondary N) is 1. The van der Waals surface area contributed by atoms with Crippen LogP contribution in [0.2, 0.25) is 0 Å². The van der Waals surface area contributed by atoms with Gasteiger partial charge in [0.2, 0.25) is 0 Å². The number of hydrogen-bond acceptors (Lipinski definition) is 4. The predicted octanol–water partition coefficient (Wildman–Crippen LogP) is 2.93. The Balaban J connectivity index is 1.94. The zero-order valence-corrected chi connectivity index (χ0v) is 12.5. The molecule has 0 radical (unpaired) electrons. The van der Waals surface area contributed by atoms with Crippen molar-refractivity contribution in [3.8, 4) is 0 Å². The summed E-state index contributed by atoms with van der Waals surface area (Å²) in [6.45, 7) is 2.11. The summed E-state index contributed by atoms with van der Waals surface area (Å²) in [7, 11) is 0. The van der Waals surface area contributed by atoms with E-state index in [4.69, 9.17) is 10.8 Å². The number of nitrogens with zero attached hydrogens (tertiary/aromatic N) is 2. The van der Waals surface area contributed by atoms with Crippen LogP contribution in [0.4, 0.5) is 5.82 Å². The van der Waals surface area contributed by atoms with E-state index in [9.17, 15) is 0 Å². The van der Waals surface area contributed by atoms with E-state index >= 15 is 0 Å². The van der Waals surface area contributed by atoms with Gasteiger partial charge in [-0.3, -0.25) is 0 Å². The van der Waals surface area contributed by atoms with Crippen LogP contribution in [0.3, 0.4) is 0 Å². The van der Waals surface area contributed by atoms with Gasteiger partial charge in [0.25, 0.3) is 0 Å². The largest absolute Gasteiger partial charge is 0.308 e. The van der Waals surface area contributed by atoms with Gasteiger partial charge in [-0.15, -0.1) is 0 Å². The van der Waals surface area contributed by atoms with Gasteiger partial charge in [0.05, 0.1) is 0 Å². The molecule has 1 aromatic carbocycles. The third-order valence-electron chi connectivity index (χ3n) is 4.06. The van der Waals surface area contributed by atoms with Crippen LogP contribution in [0.25, 0.3) is 0 Å². The van der Waals surface area contributed by atoms with Crippen molar-refractivity contribution < 1.29 is 0 Å². The van der Waals surface area contributed by atoms with Crippen LogP contribution in [0.5, 0.6) is 0 Å². The highest BCUT2D eigenvalue weighted by atomic mass is 15.3. The minimum Gasteiger partial charge on any atom is -0.308 e. The molecule has 3 rings (SSSR count). The lowest BCUT2D eigenvalue weighted by Crippen LogP contribution is -2.15. The number of aryl methyl sites for hydroxylation is 2. The predicted molar refractivity (Wildman–Crippen MR) is 85.1 cm³/mol. The van der Waals surface area contributed by atoms with Crippen LogP contribution in [-0.2, 0) is 19.3 Å². The molecule has 4 nitrogen and oxygen atoms in total. The van der Waals surface area contributed by atoms with Gasteiger partial charge in [0.15, 0.2) is 0 Å². The van der Waals surface area contributed by atoms with E-state index in [1.165, 1.54) is 41.6 Å². The normalized spacial score (nSPS) is 14.4. The van der Waals surface area contributed by atoms with Crippen LogP contribution < -0.4 is 11.3 Å². The van der Waals surface area contributed by atoms with Crippen LogP contribution in [0, 0.1) is 6.92 Å². The number of aromatic nitrogens is 2. The quantitative estimate of drug-likeness (QED) is 0.516. The summed E-state index contributed by atoms with van der Waals surface area (Å²) in [6.07, 6.45) is 6.48. The third-order valence-corrected chi connectivity index (χ3v) is 4.06. The minimum absolute atomic E-state index is 0.754. The number of hydrazine groups is 1. The molecule has 0 bridgehead atoms. The lowest BCUT2D eigenvalue weighted by Gasteiger charge is -2.13. The lowest BCUT2D eigenvalue weighted by molar-refractivity contribution is 0.708. The first-order chi connectivity index (χ1) is 10.3. The molecule has 0 unspecified atom stereocenters. The highest BCUT2D eigenvalue weighted by Gasteiger charge is 2.16. The number of rotatable bonds is 3. The maximum absolute atomic E-state index is 5.67. The lowest BCUT2D eigenvalue weighted by atomic mass is 10.1. The van der Waals surface area contributed by atoms with Crippen molar-refractivity contribution in [3.05, 3.63) is 52.5 Å². The van der Waals surface area contributed by atoms with Crippen molar-refractivity contribution in [1.82, 2.24) is 9.97 Å². The van der Waals surface area contributed by atoms with Gasteiger partial charge in [-0.05, 0) is 38.2 Å². The number of hydrogen-bond donors (Lipinski definition) is 2. The first-order valence-electron chi connectivity index (χ1n) is 7.67. The van der Waals surface area contributed by atoms with E-state index in [0.29, 0.717) is 0 Å². The first kappa shape index (κ1) is 14.0. The molecule has 4 heteroatoms. The molecular weight excluding hydrogens is 260 g/mol. The fourth-order valence-corrected chi connectivity index (χ4v) is 3.03. The fraction of sp³-hybridized carbons (Fsp3) is 0.412. The van der Waals surface area contributed by atoms with E-state index in [-0.39, 0.29) is 0 Å². The molecule has 1 heterocycles. The van der Waals surface area contributed by atoms with Gasteiger partial charge < -0.3 is 5.43 Å². The van der Waals surface area contributed by atoms with Gasteiger partial charge >= 0.3 is 0 Å². The second-order valence-electron chi connectivity index (χ2n) is 5.78. The maximum Gasteiger partial charge on any atom is 0.147 e. The van der Waals surface area contributed by atoms with Gasteiger partial charge in [-0.1, -0.05) is 36.2 Å². The number of nitrogen functional groups attached to an aromatic ring is 1. The zero-order valence-electron chi connectivity index (χ0n) is 12.5. The Morgan fingerprint density at radius 2 is 2.00 bits per heavy atom. The summed E-state index contributed by atoms with van der Waals surface area (Å²) in [5, 5.41) is 0. The summed E-state index contributed by atoms with van der Waals surface area (Å²) >= 11 is 0. The van der Waals surface area contributed by atoms with Crippen molar-refractivity contribution >= 4 is 5.82 Å². The summed E-state index contributed by atoms with van der Waals surface area (Å²) in [5.74, 6) is 7.34. The molecule has 0 amide bonds. The third kappa shape index (κ3) is 3.22. The summed E-state index contributed by atoms with van der Waals surface area (Å²) in [5.41, 5.74) is 7.66. The smallest absolute Gasteiger partial charge is 0.147 e. The van der Waals surface area contributed by atoms with Crippen molar-refractivity contribution in [1.29, 1.82) is 0 Å². The maximum atomic E-state index is 5.67. The monoisotopic (exact) mass is 282 g/mol. The molecule has 21 heavy (non-hydrogen) atoms. The average Bonchev–Trinajstić information content (AvgIpc) is 2.71. The van der Waals surface area contributed by atoms with Crippen LogP contribution in [0.1, 0.15) is 47.5 Å². The fourth-order valence-electron chi connectivity index (χ4n) is 3.03. The SMILES string of the molecule is Cc1cccc(Cc2nc3c(c(NN)n2)CCCCC3)c1. The number of nitrogens with two attached hydrogens (primary N) is 1. The molecule has 0 spiro atoms. The average molecular weight is 282 g/mol. The van der Waals surface area contributed by atoms with E-state index in [2.05, 4.69) is 41.6 Å². The second-order valence-corrected chi connectivity index (χ2v) is 5.78. The topological polar surface area (TPSA) is 63.8 Å². The minimum atomic E-state index is 0.754. The van der Waals surface area contributed by atoms with Crippen molar-refractivity contribution in [2.24, 2.45) is 5.84 Å². The Morgan fingerprint density at radius 3 is 2.81 bits per heavy atom. The second kappa shape index (κ2) is 6.22. The van der Waals surface area contributed by atoms with E-state index in [0.717, 1.165) is 30.9 Å². The van der Waals surface area contributed by atoms with Crippen molar-refractivity contribution in [2.45, 2.75) is 45.4 Å². The summed E-state index contributed by atoms with van der Waals surface area (Å²) in [6, 6.07) is 8.49. The highest BCUT2D eigenvalue weighted by molar-refractivity contribution is 5.46. The Bertz CT molecular complexity index is 637. The Morgan fingerprint density at radius 1 is 1.14 bits per heavy atom. The number of anilines is 1. The Labute approximate surface area is 125 Å². The van der Waals surface area contributed by atoms with Crippen LogP contribution in [0.15, 0.2) is 24.3 Å². The van der Waals surface area contributed by atoms with E-state index in [1.807, 2.05) is 0 Å². The number of fused-ring (bicyclic) bond motifs is 1. The van der Waals surface area contributed by atoms with Crippen LogP contribution in [-0.4, -0.2) is 9.97 Å². The summed E-state index contributed by atoms with van der Waals surface area (Å²) < 4.78 is 0. The molecule has 0 saturated carbocycles. The Kier molecular flexibility index (Phi) is 4.15. The molecule has 1 aliphatic carbocycles. The zero-order chi connectivity index (χ0) is 14.7. The molecule has 1 aliphatic rings. The summed E-state index contributed by atoms with van der Waals surface area (Å²) in [4.78, 5) is 9.42. The van der Waals surface area contributed by atoms with Gasteiger partial charge in [-0.25, -0.2) is 15.8 Å². The van der Waals surface area contributed by atoms with Crippen molar-refractivity contribution in [2.75, 3.05) is 5.43 Å². The molecule has 0 saturated heterocycles. The Hall–Kier alpha value is -1.94. The van der Waals surface area contributed by atoms with Gasteiger partial charge in [-0.2, -0.15) is 0 Å². The number of benzene rings is 1. The molecule has 2 aromatic rings. The van der Waals surface area contributed by atoms with E-state index < -0.39 is 0 Å². The molecule has 1 aromatic heterocycles. The van der Waals surface area contributed by atoms with Gasteiger partial charge in [0, 0.05) is 17.7 Å². The molecule has 0 fully saturated rings. The standard InChI is InChI=1S/C17H22N4/c1-12-6-5-7-13(10-12)11-16-19-15-9-4-2-3-8-14(15)17(20-16)21-18/h5-7,10H,2-4,8-9,11,18H2,1H3,(H,19,20,21). The molecule has 3 N–H and O–H groups in total. The van der Waals surface area contributed by atoms with E-state index in [1.54, 1.807) is 0 Å². The van der Waals surface area contributed by atoms with Gasteiger partial charge in [0.1, 0.15) is 11.6 Å². The molecular formula is C17H22N4. The highest BCUT2D eigenvalue weighted by Crippen LogP contribution is 2.25.